The summed E-state index contributed by atoms with van der Waals surface area (Å²) in [5.74, 6) is 1.99. The Balaban J connectivity index is 1.99. The van der Waals surface area contributed by atoms with E-state index in [9.17, 15) is 0 Å². The third kappa shape index (κ3) is 3.23. The van der Waals surface area contributed by atoms with E-state index in [0.29, 0.717) is 6.54 Å². The summed E-state index contributed by atoms with van der Waals surface area (Å²) in [7, 11) is 0. The summed E-state index contributed by atoms with van der Waals surface area (Å²) >= 11 is 0. The van der Waals surface area contributed by atoms with Crippen molar-refractivity contribution < 1.29 is 4.42 Å². The SMILES string of the molecule is CCCNCc1oc(Cn2cc(C)cn2)cc1C. The van der Waals surface area contributed by atoms with E-state index in [2.05, 4.69) is 30.3 Å². The Morgan fingerprint density at radius 1 is 1.39 bits per heavy atom. The van der Waals surface area contributed by atoms with Crippen LogP contribution in [0.1, 0.15) is 36.0 Å². The van der Waals surface area contributed by atoms with Gasteiger partial charge in [-0.25, -0.2) is 0 Å². The summed E-state index contributed by atoms with van der Waals surface area (Å²) in [6.07, 6.45) is 5.02. The molecule has 0 bridgehead atoms. The van der Waals surface area contributed by atoms with E-state index in [1.54, 1.807) is 0 Å². The van der Waals surface area contributed by atoms with E-state index in [4.69, 9.17) is 4.42 Å². The van der Waals surface area contributed by atoms with Crippen LogP contribution in [0, 0.1) is 13.8 Å². The average Bonchev–Trinajstić information content (AvgIpc) is 2.87. The van der Waals surface area contributed by atoms with Crippen molar-refractivity contribution in [1.29, 1.82) is 0 Å². The molecule has 0 aliphatic heterocycles. The van der Waals surface area contributed by atoms with Crippen molar-refractivity contribution >= 4 is 0 Å². The van der Waals surface area contributed by atoms with Crippen molar-refractivity contribution in [1.82, 2.24) is 15.1 Å². The van der Waals surface area contributed by atoms with Crippen molar-refractivity contribution in [2.24, 2.45) is 0 Å². The summed E-state index contributed by atoms with van der Waals surface area (Å²) in [6, 6.07) is 2.10. The second-order valence-corrected chi connectivity index (χ2v) is 4.71. The highest BCUT2D eigenvalue weighted by Crippen LogP contribution is 2.15. The van der Waals surface area contributed by atoms with Gasteiger partial charge in [0.15, 0.2) is 0 Å². The largest absolute Gasteiger partial charge is 0.462 e. The van der Waals surface area contributed by atoms with Crippen molar-refractivity contribution in [2.75, 3.05) is 6.54 Å². The Hall–Kier alpha value is -1.55. The molecule has 2 aromatic heterocycles. The first-order valence-corrected chi connectivity index (χ1v) is 6.47. The van der Waals surface area contributed by atoms with E-state index in [0.717, 1.165) is 31.0 Å². The predicted octanol–water partition coefficient (Wildman–Crippen LogP) is 2.64. The third-order valence-electron chi connectivity index (χ3n) is 2.86. The number of aromatic nitrogens is 2. The molecule has 2 aromatic rings. The van der Waals surface area contributed by atoms with Crippen LogP contribution in [0.2, 0.25) is 0 Å². The third-order valence-corrected chi connectivity index (χ3v) is 2.86. The highest BCUT2D eigenvalue weighted by Gasteiger charge is 2.08. The normalized spacial score (nSPS) is 11.1. The van der Waals surface area contributed by atoms with Crippen LogP contribution in [0.3, 0.4) is 0 Å². The fourth-order valence-corrected chi connectivity index (χ4v) is 1.94. The lowest BCUT2D eigenvalue weighted by Crippen LogP contribution is -2.13. The minimum absolute atomic E-state index is 0.697. The van der Waals surface area contributed by atoms with Crippen molar-refractivity contribution in [3.05, 3.63) is 41.1 Å². The van der Waals surface area contributed by atoms with E-state index < -0.39 is 0 Å². The Morgan fingerprint density at radius 3 is 2.89 bits per heavy atom. The number of rotatable bonds is 6. The molecule has 2 rings (SSSR count). The molecule has 18 heavy (non-hydrogen) atoms. The molecular formula is C14H21N3O. The van der Waals surface area contributed by atoms with Gasteiger partial charge in [-0.05, 0) is 44.0 Å². The second-order valence-electron chi connectivity index (χ2n) is 4.71. The minimum Gasteiger partial charge on any atom is -0.462 e. The van der Waals surface area contributed by atoms with Crippen molar-refractivity contribution in [3.8, 4) is 0 Å². The molecule has 0 aliphatic rings. The maximum Gasteiger partial charge on any atom is 0.126 e. The van der Waals surface area contributed by atoms with Gasteiger partial charge in [0.1, 0.15) is 11.5 Å². The van der Waals surface area contributed by atoms with Gasteiger partial charge in [-0.3, -0.25) is 4.68 Å². The molecule has 0 unspecified atom stereocenters. The molecule has 0 atom stereocenters. The lowest BCUT2D eigenvalue weighted by atomic mass is 10.2. The number of hydrogen-bond donors (Lipinski definition) is 1. The highest BCUT2D eigenvalue weighted by molar-refractivity contribution is 5.20. The van der Waals surface area contributed by atoms with Crippen LogP contribution in [0.5, 0.6) is 0 Å². The Kier molecular flexibility index (Phi) is 4.20. The van der Waals surface area contributed by atoms with E-state index >= 15 is 0 Å². The van der Waals surface area contributed by atoms with Gasteiger partial charge in [0, 0.05) is 6.20 Å². The van der Waals surface area contributed by atoms with E-state index in [-0.39, 0.29) is 0 Å². The van der Waals surface area contributed by atoms with Crippen LogP contribution in [-0.4, -0.2) is 16.3 Å². The monoisotopic (exact) mass is 247 g/mol. The van der Waals surface area contributed by atoms with Crippen LogP contribution in [0.15, 0.2) is 22.9 Å². The molecule has 4 nitrogen and oxygen atoms in total. The van der Waals surface area contributed by atoms with Crippen LogP contribution < -0.4 is 5.32 Å². The zero-order valence-electron chi connectivity index (χ0n) is 11.4. The van der Waals surface area contributed by atoms with Crippen LogP contribution in [0.25, 0.3) is 0 Å². The lowest BCUT2D eigenvalue weighted by molar-refractivity contribution is 0.429. The molecule has 0 radical (unpaired) electrons. The van der Waals surface area contributed by atoms with Gasteiger partial charge in [0.2, 0.25) is 0 Å². The van der Waals surface area contributed by atoms with Gasteiger partial charge in [-0.2, -0.15) is 5.10 Å². The van der Waals surface area contributed by atoms with Gasteiger partial charge >= 0.3 is 0 Å². The number of furan rings is 1. The molecule has 0 saturated heterocycles. The topological polar surface area (TPSA) is 43.0 Å². The number of nitrogens with one attached hydrogen (secondary N) is 1. The van der Waals surface area contributed by atoms with Gasteiger partial charge in [-0.15, -0.1) is 0 Å². The Morgan fingerprint density at radius 2 is 2.22 bits per heavy atom. The number of nitrogens with zero attached hydrogens (tertiary/aromatic N) is 2. The van der Waals surface area contributed by atoms with Gasteiger partial charge in [0.25, 0.3) is 0 Å². The molecule has 1 N–H and O–H groups in total. The zero-order valence-corrected chi connectivity index (χ0v) is 11.4. The summed E-state index contributed by atoms with van der Waals surface area (Å²) in [6.45, 7) is 8.81. The van der Waals surface area contributed by atoms with E-state index in [1.165, 1.54) is 11.1 Å². The Bertz CT molecular complexity index is 499. The zero-order chi connectivity index (χ0) is 13.0. The van der Waals surface area contributed by atoms with Crippen LogP contribution in [-0.2, 0) is 13.1 Å². The maximum atomic E-state index is 5.85. The molecule has 2 heterocycles. The van der Waals surface area contributed by atoms with E-state index in [1.807, 2.05) is 24.0 Å². The van der Waals surface area contributed by atoms with Gasteiger partial charge < -0.3 is 9.73 Å². The molecule has 0 amide bonds. The molecule has 0 fully saturated rings. The van der Waals surface area contributed by atoms with Crippen LogP contribution >= 0.6 is 0 Å². The van der Waals surface area contributed by atoms with Gasteiger partial charge in [-0.1, -0.05) is 6.92 Å². The molecule has 0 aromatic carbocycles. The quantitative estimate of drug-likeness (QED) is 0.798. The predicted molar refractivity (Wildman–Crippen MR) is 71.5 cm³/mol. The second kappa shape index (κ2) is 5.87. The Labute approximate surface area is 108 Å². The molecule has 0 saturated carbocycles. The molecule has 0 aliphatic carbocycles. The lowest BCUT2D eigenvalue weighted by Gasteiger charge is -2.01. The smallest absolute Gasteiger partial charge is 0.126 e. The molecule has 98 valence electrons. The van der Waals surface area contributed by atoms with Crippen molar-refractivity contribution in [3.63, 3.8) is 0 Å². The molecular weight excluding hydrogens is 226 g/mol. The summed E-state index contributed by atoms with van der Waals surface area (Å²) in [4.78, 5) is 0. The number of aryl methyl sites for hydroxylation is 2. The van der Waals surface area contributed by atoms with Crippen LogP contribution in [0.4, 0.5) is 0 Å². The van der Waals surface area contributed by atoms with Crippen molar-refractivity contribution in [2.45, 2.75) is 40.3 Å². The van der Waals surface area contributed by atoms with Gasteiger partial charge in [0.05, 0.1) is 19.3 Å². The summed E-state index contributed by atoms with van der Waals surface area (Å²) in [5, 5.41) is 7.62. The highest BCUT2D eigenvalue weighted by atomic mass is 16.3. The molecule has 4 heteroatoms. The fourth-order valence-electron chi connectivity index (χ4n) is 1.94. The summed E-state index contributed by atoms with van der Waals surface area (Å²) in [5.41, 5.74) is 2.38. The standard InChI is InChI=1S/C14H21N3O/c1-4-5-15-8-14-12(3)6-13(18-14)10-17-9-11(2)7-16-17/h6-7,9,15H,4-5,8,10H2,1-3H3. The minimum atomic E-state index is 0.697. The first kappa shape index (κ1) is 12.9. The average molecular weight is 247 g/mol. The first-order valence-electron chi connectivity index (χ1n) is 6.47. The maximum absolute atomic E-state index is 5.85. The fraction of sp³-hybridized carbons (Fsp3) is 0.500. The number of hydrogen-bond acceptors (Lipinski definition) is 3. The summed E-state index contributed by atoms with van der Waals surface area (Å²) < 4.78 is 7.75. The molecule has 0 spiro atoms. The first-order chi connectivity index (χ1) is 8.69.